The first kappa shape index (κ1) is 20.0. The van der Waals surface area contributed by atoms with Crippen LogP contribution >= 0.6 is 0 Å². The van der Waals surface area contributed by atoms with Crippen LogP contribution in [-0.2, 0) is 16.1 Å². The third kappa shape index (κ3) is 4.37. The minimum atomic E-state index is -1.55. The number of hydrogen-bond donors (Lipinski definition) is 2. The summed E-state index contributed by atoms with van der Waals surface area (Å²) in [6.07, 6.45) is -1.18. The molecule has 0 aromatic heterocycles. The highest BCUT2D eigenvalue weighted by Gasteiger charge is 2.42. The van der Waals surface area contributed by atoms with Crippen molar-refractivity contribution in [2.24, 2.45) is 0 Å². The third-order valence-electron chi connectivity index (χ3n) is 4.93. The van der Waals surface area contributed by atoms with E-state index in [1.54, 1.807) is 24.3 Å². The van der Waals surface area contributed by atoms with Gasteiger partial charge in [-0.3, -0.25) is 4.79 Å². The maximum absolute atomic E-state index is 12.4. The van der Waals surface area contributed by atoms with Gasteiger partial charge in [0.05, 0.1) is 6.61 Å². The van der Waals surface area contributed by atoms with Gasteiger partial charge in [-0.1, -0.05) is 84.9 Å². The average molecular weight is 376 g/mol. The van der Waals surface area contributed by atoms with E-state index in [2.05, 4.69) is 0 Å². The van der Waals surface area contributed by atoms with Crippen molar-refractivity contribution in [2.75, 3.05) is 6.61 Å². The van der Waals surface area contributed by atoms with E-state index in [0.717, 1.165) is 16.7 Å². The molecule has 3 aromatic rings. The zero-order valence-corrected chi connectivity index (χ0v) is 15.8. The largest absolute Gasteiger partial charge is 0.388 e. The average Bonchev–Trinajstić information content (AvgIpc) is 2.78. The highest BCUT2D eigenvalue weighted by atomic mass is 16.5. The zero-order valence-electron chi connectivity index (χ0n) is 15.8. The van der Waals surface area contributed by atoms with Crippen LogP contribution in [0.1, 0.15) is 24.2 Å². The number of carbonyl (C=O) groups is 1. The molecule has 0 aliphatic carbocycles. The summed E-state index contributed by atoms with van der Waals surface area (Å²) in [5.74, 6) is -0.565. The standard InChI is InChI=1S/C24H24O4/c1-24(22(26)16-25,23(27)21-10-6-3-7-11-21)28-17-18-12-14-20(15-13-18)19-8-4-2-5-9-19/h2-15,23,25,27H,16-17H2,1H3/t23-,24+/m0/s1. The van der Waals surface area contributed by atoms with E-state index in [4.69, 9.17) is 4.74 Å². The van der Waals surface area contributed by atoms with Crippen molar-refractivity contribution in [1.82, 2.24) is 0 Å². The first-order valence-electron chi connectivity index (χ1n) is 9.20. The molecule has 2 atom stereocenters. The Balaban J connectivity index is 1.76. The monoisotopic (exact) mass is 376 g/mol. The van der Waals surface area contributed by atoms with E-state index < -0.39 is 24.1 Å². The maximum atomic E-state index is 12.4. The minimum absolute atomic E-state index is 0.140. The zero-order chi connectivity index (χ0) is 20.0. The highest BCUT2D eigenvalue weighted by Crippen LogP contribution is 2.31. The molecule has 0 radical (unpaired) electrons. The number of carbonyl (C=O) groups excluding carboxylic acids is 1. The fourth-order valence-electron chi connectivity index (χ4n) is 3.08. The van der Waals surface area contributed by atoms with Crippen LogP contribution in [0, 0.1) is 0 Å². The lowest BCUT2D eigenvalue weighted by atomic mass is 9.88. The van der Waals surface area contributed by atoms with Gasteiger partial charge in [-0.05, 0) is 29.2 Å². The lowest BCUT2D eigenvalue weighted by Gasteiger charge is -2.33. The third-order valence-corrected chi connectivity index (χ3v) is 4.93. The fraction of sp³-hybridized carbons (Fsp3) is 0.208. The molecule has 0 saturated heterocycles. The number of ketones is 1. The Hall–Kier alpha value is -2.79. The highest BCUT2D eigenvalue weighted by molar-refractivity contribution is 5.88. The molecule has 3 rings (SSSR count). The van der Waals surface area contributed by atoms with Crippen LogP contribution in [0.2, 0.25) is 0 Å². The quantitative estimate of drug-likeness (QED) is 0.625. The second kappa shape index (κ2) is 8.93. The summed E-state index contributed by atoms with van der Waals surface area (Å²) >= 11 is 0. The van der Waals surface area contributed by atoms with Gasteiger partial charge >= 0.3 is 0 Å². The van der Waals surface area contributed by atoms with Crippen LogP contribution in [0.5, 0.6) is 0 Å². The molecule has 0 fully saturated rings. The van der Waals surface area contributed by atoms with Crippen LogP contribution in [0.4, 0.5) is 0 Å². The lowest BCUT2D eigenvalue weighted by Crippen LogP contribution is -2.46. The summed E-state index contributed by atoms with van der Waals surface area (Å²) in [6.45, 7) is 0.954. The topological polar surface area (TPSA) is 66.8 Å². The minimum Gasteiger partial charge on any atom is -0.388 e. The Morgan fingerprint density at radius 2 is 1.43 bits per heavy atom. The predicted octanol–water partition coefficient (Wildman–Crippen LogP) is 3.92. The van der Waals surface area contributed by atoms with Crippen molar-refractivity contribution in [3.63, 3.8) is 0 Å². The van der Waals surface area contributed by atoms with E-state index >= 15 is 0 Å². The molecule has 0 amide bonds. The van der Waals surface area contributed by atoms with Crippen LogP contribution in [0.15, 0.2) is 84.9 Å². The van der Waals surface area contributed by atoms with Gasteiger partial charge < -0.3 is 14.9 Å². The second-order valence-corrected chi connectivity index (χ2v) is 6.85. The molecule has 3 aromatic carbocycles. The number of rotatable bonds is 8. The van der Waals surface area contributed by atoms with Gasteiger partial charge in [-0.15, -0.1) is 0 Å². The van der Waals surface area contributed by atoms with E-state index in [9.17, 15) is 15.0 Å². The Kier molecular flexibility index (Phi) is 6.37. The first-order chi connectivity index (χ1) is 13.5. The molecule has 4 nitrogen and oxygen atoms in total. The number of aliphatic hydroxyl groups excluding tert-OH is 2. The Labute approximate surface area is 165 Å². The van der Waals surface area contributed by atoms with Gasteiger partial charge in [0, 0.05) is 0 Å². The second-order valence-electron chi connectivity index (χ2n) is 6.85. The van der Waals surface area contributed by atoms with E-state index in [-0.39, 0.29) is 6.61 Å². The molecule has 144 valence electrons. The van der Waals surface area contributed by atoms with Crippen LogP contribution in [0.25, 0.3) is 11.1 Å². The molecule has 0 unspecified atom stereocenters. The molecule has 2 N–H and O–H groups in total. The van der Waals surface area contributed by atoms with Gasteiger partial charge in [0.25, 0.3) is 0 Å². The molecular formula is C24H24O4. The van der Waals surface area contributed by atoms with E-state index in [0.29, 0.717) is 5.56 Å². The molecule has 0 spiro atoms. The van der Waals surface area contributed by atoms with Gasteiger partial charge in [0.2, 0.25) is 0 Å². The number of ether oxygens (including phenoxy) is 1. The maximum Gasteiger partial charge on any atom is 0.192 e. The number of Topliss-reactive ketones (excluding diaryl/α,β-unsaturated/α-hetero) is 1. The van der Waals surface area contributed by atoms with Gasteiger partial charge in [-0.2, -0.15) is 0 Å². The molecule has 0 aliphatic rings. The molecule has 0 aliphatic heterocycles. The first-order valence-corrected chi connectivity index (χ1v) is 9.20. The summed E-state index contributed by atoms with van der Waals surface area (Å²) in [5.41, 5.74) is 2.09. The van der Waals surface area contributed by atoms with Crippen LogP contribution < -0.4 is 0 Å². The van der Waals surface area contributed by atoms with Crippen molar-refractivity contribution < 1.29 is 19.7 Å². The van der Waals surface area contributed by atoms with Crippen molar-refractivity contribution in [3.05, 3.63) is 96.1 Å². The number of aliphatic hydroxyl groups is 2. The number of benzene rings is 3. The summed E-state index contributed by atoms with van der Waals surface area (Å²) in [7, 11) is 0. The SMILES string of the molecule is C[C@@](OCc1ccc(-c2ccccc2)cc1)(C(=O)CO)[C@@H](O)c1ccccc1. The molecule has 0 saturated carbocycles. The van der Waals surface area contributed by atoms with E-state index in [1.807, 2.05) is 60.7 Å². The molecule has 4 heteroatoms. The van der Waals surface area contributed by atoms with Gasteiger partial charge in [0.15, 0.2) is 11.4 Å². The van der Waals surface area contributed by atoms with Crippen LogP contribution in [0.3, 0.4) is 0 Å². The molecule has 0 heterocycles. The lowest BCUT2D eigenvalue weighted by molar-refractivity contribution is -0.165. The summed E-state index contributed by atoms with van der Waals surface area (Å²) in [6, 6.07) is 26.7. The molecule has 0 bridgehead atoms. The molecular weight excluding hydrogens is 352 g/mol. The summed E-state index contributed by atoms with van der Waals surface area (Å²) in [4.78, 5) is 12.4. The van der Waals surface area contributed by atoms with Crippen molar-refractivity contribution in [2.45, 2.75) is 25.2 Å². The normalized spacial score (nSPS) is 14.2. The Morgan fingerprint density at radius 3 is 2.00 bits per heavy atom. The van der Waals surface area contributed by atoms with Gasteiger partial charge in [-0.25, -0.2) is 0 Å². The van der Waals surface area contributed by atoms with E-state index in [1.165, 1.54) is 6.92 Å². The smallest absolute Gasteiger partial charge is 0.192 e. The summed E-state index contributed by atoms with van der Waals surface area (Å²) < 4.78 is 5.87. The van der Waals surface area contributed by atoms with Crippen molar-refractivity contribution in [1.29, 1.82) is 0 Å². The fourth-order valence-corrected chi connectivity index (χ4v) is 3.08. The Morgan fingerprint density at radius 1 is 0.893 bits per heavy atom. The summed E-state index contributed by atoms with van der Waals surface area (Å²) in [5, 5.41) is 20.1. The van der Waals surface area contributed by atoms with Crippen molar-refractivity contribution >= 4 is 5.78 Å². The van der Waals surface area contributed by atoms with Gasteiger partial charge in [0.1, 0.15) is 12.7 Å². The Bertz CT molecular complexity index is 891. The van der Waals surface area contributed by atoms with Crippen LogP contribution in [-0.4, -0.2) is 28.2 Å². The predicted molar refractivity (Wildman–Crippen MR) is 109 cm³/mol. The number of hydrogen-bond acceptors (Lipinski definition) is 4. The molecule has 28 heavy (non-hydrogen) atoms. The van der Waals surface area contributed by atoms with Crippen molar-refractivity contribution in [3.8, 4) is 11.1 Å².